The molecule has 2 rings (SSSR count). The van der Waals surface area contributed by atoms with E-state index in [0.29, 0.717) is 26.4 Å². The van der Waals surface area contributed by atoms with Gasteiger partial charge in [-0.05, 0) is 52.7 Å². The van der Waals surface area contributed by atoms with E-state index in [1.807, 2.05) is 0 Å². The number of methoxy groups -OCH3 is 1. The van der Waals surface area contributed by atoms with Gasteiger partial charge in [0.25, 0.3) is 5.91 Å². The molecule has 0 aliphatic rings. The molecule has 1 aromatic heterocycles. The van der Waals surface area contributed by atoms with Crippen molar-refractivity contribution in [1.82, 2.24) is 0 Å². The summed E-state index contributed by atoms with van der Waals surface area (Å²) in [5.41, 5.74) is 1.07. The molecule has 110 valence electrons. The van der Waals surface area contributed by atoms with Gasteiger partial charge in [0.05, 0.1) is 16.6 Å². The van der Waals surface area contributed by atoms with E-state index >= 15 is 0 Å². The SMILES string of the molecule is COc1ccc(C(=O)Nc2cc(C)c(C(=O)O)s2)cc1Br. The number of carbonyl (C=O) groups excluding carboxylic acids is 1. The average Bonchev–Trinajstić information content (AvgIpc) is 2.79. The Hall–Kier alpha value is -1.86. The molecule has 0 saturated heterocycles. The summed E-state index contributed by atoms with van der Waals surface area (Å²) in [5.74, 6) is -0.673. The van der Waals surface area contributed by atoms with Crippen LogP contribution in [0, 0.1) is 6.92 Å². The van der Waals surface area contributed by atoms with Crippen molar-refractivity contribution in [2.45, 2.75) is 6.92 Å². The first-order valence-electron chi connectivity index (χ1n) is 5.91. The van der Waals surface area contributed by atoms with Gasteiger partial charge in [-0.15, -0.1) is 11.3 Å². The van der Waals surface area contributed by atoms with Crippen molar-refractivity contribution in [2.24, 2.45) is 0 Å². The van der Waals surface area contributed by atoms with E-state index in [1.165, 1.54) is 0 Å². The number of thiophene rings is 1. The van der Waals surface area contributed by atoms with Gasteiger partial charge < -0.3 is 15.2 Å². The summed E-state index contributed by atoms with van der Waals surface area (Å²) in [5, 5.41) is 12.2. The Labute approximate surface area is 133 Å². The number of carboxylic acids is 1. The Morgan fingerprint density at radius 1 is 1.33 bits per heavy atom. The Balaban J connectivity index is 2.20. The third-order valence-electron chi connectivity index (χ3n) is 2.76. The second-order valence-corrected chi connectivity index (χ2v) is 6.14. The van der Waals surface area contributed by atoms with E-state index < -0.39 is 5.97 Å². The molecule has 2 aromatic rings. The van der Waals surface area contributed by atoms with Gasteiger partial charge >= 0.3 is 5.97 Å². The summed E-state index contributed by atoms with van der Waals surface area (Å²) in [6.07, 6.45) is 0. The second kappa shape index (κ2) is 6.28. The molecule has 1 aromatic carbocycles. The van der Waals surface area contributed by atoms with Gasteiger partial charge in [0.2, 0.25) is 0 Å². The summed E-state index contributed by atoms with van der Waals surface area (Å²) in [7, 11) is 1.54. The van der Waals surface area contributed by atoms with Crippen LogP contribution in [-0.2, 0) is 0 Å². The van der Waals surface area contributed by atoms with Gasteiger partial charge in [-0.3, -0.25) is 4.79 Å². The summed E-state index contributed by atoms with van der Waals surface area (Å²) in [6.45, 7) is 1.69. The van der Waals surface area contributed by atoms with Gasteiger partial charge in [-0.1, -0.05) is 0 Å². The van der Waals surface area contributed by atoms with Crippen LogP contribution >= 0.6 is 27.3 Å². The number of halogens is 1. The topological polar surface area (TPSA) is 75.6 Å². The molecule has 0 bridgehead atoms. The fourth-order valence-electron chi connectivity index (χ4n) is 1.75. The van der Waals surface area contributed by atoms with E-state index in [9.17, 15) is 9.59 Å². The molecule has 21 heavy (non-hydrogen) atoms. The van der Waals surface area contributed by atoms with Crippen LogP contribution in [0.5, 0.6) is 5.75 Å². The summed E-state index contributed by atoms with van der Waals surface area (Å²) in [4.78, 5) is 23.3. The fraction of sp³-hybridized carbons (Fsp3) is 0.143. The van der Waals surface area contributed by atoms with Crippen molar-refractivity contribution >= 4 is 44.1 Å². The van der Waals surface area contributed by atoms with Gasteiger partial charge in [0.1, 0.15) is 10.6 Å². The molecule has 0 atom stereocenters. The standard InChI is InChI=1S/C14H12BrNO4S/c1-7-5-11(21-12(7)14(18)19)16-13(17)8-3-4-10(20-2)9(15)6-8/h3-6H,1-2H3,(H,16,17)(H,18,19). The number of benzene rings is 1. The van der Waals surface area contributed by atoms with Crippen LogP contribution < -0.4 is 10.1 Å². The molecule has 0 aliphatic carbocycles. The maximum atomic E-state index is 12.1. The molecule has 1 heterocycles. The van der Waals surface area contributed by atoms with Crippen LogP contribution in [0.2, 0.25) is 0 Å². The molecule has 1 amide bonds. The number of amides is 1. The van der Waals surface area contributed by atoms with E-state index in [1.54, 1.807) is 38.3 Å². The molecule has 0 spiro atoms. The van der Waals surface area contributed by atoms with Crippen molar-refractivity contribution in [3.8, 4) is 5.75 Å². The lowest BCUT2D eigenvalue weighted by Crippen LogP contribution is -2.10. The first-order valence-corrected chi connectivity index (χ1v) is 7.52. The number of hydrogen-bond acceptors (Lipinski definition) is 4. The Morgan fingerprint density at radius 3 is 2.57 bits per heavy atom. The highest BCUT2D eigenvalue weighted by atomic mass is 79.9. The Bertz CT molecular complexity index is 711. The fourth-order valence-corrected chi connectivity index (χ4v) is 3.19. The van der Waals surface area contributed by atoms with Crippen molar-refractivity contribution in [3.63, 3.8) is 0 Å². The minimum Gasteiger partial charge on any atom is -0.496 e. The van der Waals surface area contributed by atoms with Crippen molar-refractivity contribution in [3.05, 3.63) is 44.7 Å². The largest absolute Gasteiger partial charge is 0.496 e. The van der Waals surface area contributed by atoms with Crippen LogP contribution in [0.4, 0.5) is 5.00 Å². The number of aryl methyl sites for hydroxylation is 1. The average molecular weight is 370 g/mol. The highest BCUT2D eigenvalue weighted by Gasteiger charge is 2.15. The highest BCUT2D eigenvalue weighted by Crippen LogP contribution is 2.28. The number of carbonyl (C=O) groups is 2. The number of anilines is 1. The number of rotatable bonds is 4. The van der Waals surface area contributed by atoms with Crippen LogP contribution in [0.25, 0.3) is 0 Å². The second-order valence-electron chi connectivity index (χ2n) is 4.23. The molecule has 0 aliphatic heterocycles. The van der Waals surface area contributed by atoms with Gasteiger partial charge in [-0.25, -0.2) is 4.79 Å². The third-order valence-corrected chi connectivity index (χ3v) is 4.52. The zero-order chi connectivity index (χ0) is 15.6. The normalized spacial score (nSPS) is 10.2. The Morgan fingerprint density at radius 2 is 2.05 bits per heavy atom. The molecule has 2 N–H and O–H groups in total. The van der Waals surface area contributed by atoms with E-state index in [4.69, 9.17) is 9.84 Å². The summed E-state index contributed by atoms with van der Waals surface area (Å²) in [6, 6.07) is 6.61. The first-order chi connectivity index (χ1) is 9.92. The summed E-state index contributed by atoms with van der Waals surface area (Å²) < 4.78 is 5.77. The number of nitrogens with one attached hydrogen (secondary N) is 1. The highest BCUT2D eigenvalue weighted by molar-refractivity contribution is 9.10. The smallest absolute Gasteiger partial charge is 0.346 e. The van der Waals surface area contributed by atoms with Gasteiger partial charge in [-0.2, -0.15) is 0 Å². The molecule has 0 saturated carbocycles. The van der Waals surface area contributed by atoms with Crippen LogP contribution in [0.15, 0.2) is 28.7 Å². The van der Waals surface area contributed by atoms with E-state index in [0.717, 1.165) is 11.3 Å². The molecule has 0 fully saturated rings. The predicted molar refractivity (Wildman–Crippen MR) is 84.7 cm³/mol. The Kier molecular flexibility index (Phi) is 4.64. The van der Waals surface area contributed by atoms with Crippen LogP contribution in [0.3, 0.4) is 0 Å². The van der Waals surface area contributed by atoms with Crippen molar-refractivity contribution < 1.29 is 19.4 Å². The monoisotopic (exact) mass is 369 g/mol. The number of carboxylic acid groups (broad SMARTS) is 1. The molecular weight excluding hydrogens is 358 g/mol. The lowest BCUT2D eigenvalue weighted by molar-refractivity contribution is 0.0701. The summed E-state index contributed by atoms with van der Waals surface area (Å²) >= 11 is 4.35. The zero-order valence-corrected chi connectivity index (χ0v) is 13.7. The predicted octanol–water partition coefficient (Wildman–Crippen LogP) is 3.78. The zero-order valence-electron chi connectivity index (χ0n) is 11.3. The lowest BCUT2D eigenvalue weighted by Gasteiger charge is -2.06. The third kappa shape index (κ3) is 3.43. The minimum absolute atomic E-state index is 0.223. The van der Waals surface area contributed by atoms with Crippen molar-refractivity contribution in [2.75, 3.05) is 12.4 Å². The minimum atomic E-state index is -0.995. The number of aromatic carboxylic acids is 1. The van der Waals surface area contributed by atoms with Gasteiger partial charge in [0.15, 0.2) is 0 Å². The maximum absolute atomic E-state index is 12.1. The van der Waals surface area contributed by atoms with Crippen LogP contribution in [-0.4, -0.2) is 24.1 Å². The number of hydrogen-bond donors (Lipinski definition) is 2. The molecule has 0 unspecified atom stereocenters. The van der Waals surface area contributed by atoms with Gasteiger partial charge in [0, 0.05) is 5.56 Å². The van der Waals surface area contributed by atoms with E-state index in [2.05, 4.69) is 21.2 Å². The molecule has 5 nitrogen and oxygen atoms in total. The quantitative estimate of drug-likeness (QED) is 0.859. The maximum Gasteiger partial charge on any atom is 0.346 e. The van der Waals surface area contributed by atoms with E-state index in [-0.39, 0.29) is 10.8 Å². The molecular formula is C14H12BrNO4S. The molecule has 7 heteroatoms. The van der Waals surface area contributed by atoms with Crippen molar-refractivity contribution in [1.29, 1.82) is 0 Å². The first kappa shape index (κ1) is 15.5. The lowest BCUT2D eigenvalue weighted by atomic mass is 10.2. The van der Waals surface area contributed by atoms with Crippen LogP contribution in [0.1, 0.15) is 25.6 Å². The molecule has 0 radical (unpaired) electrons. The number of ether oxygens (including phenoxy) is 1.